The van der Waals surface area contributed by atoms with E-state index in [4.69, 9.17) is 9.72 Å². The molecule has 0 unspecified atom stereocenters. The molecule has 1 aromatic heterocycles. The van der Waals surface area contributed by atoms with E-state index in [0.29, 0.717) is 4.88 Å². The highest BCUT2D eigenvalue weighted by Crippen LogP contribution is 2.48. The predicted molar refractivity (Wildman–Crippen MR) is 83.9 cm³/mol. The van der Waals surface area contributed by atoms with Gasteiger partial charge in [0.1, 0.15) is 9.88 Å². The van der Waals surface area contributed by atoms with Crippen LogP contribution in [-0.4, -0.2) is 18.1 Å². The van der Waals surface area contributed by atoms with Gasteiger partial charge in [-0.25, -0.2) is 9.78 Å². The number of rotatable bonds is 3. The lowest BCUT2D eigenvalue weighted by atomic mass is 9.79. The lowest BCUT2D eigenvalue weighted by Gasteiger charge is -2.27. The normalized spacial score (nSPS) is 16.9. The molecule has 21 heavy (non-hydrogen) atoms. The lowest BCUT2D eigenvalue weighted by Crippen LogP contribution is -2.23. The fourth-order valence-corrected chi connectivity index (χ4v) is 4.50. The van der Waals surface area contributed by atoms with Gasteiger partial charge in [0.15, 0.2) is 0 Å². The third-order valence-corrected chi connectivity index (χ3v) is 5.70. The predicted octanol–water partition coefficient (Wildman–Crippen LogP) is 4.10. The molecular formula is C17H19NO2S. The molecule has 1 aliphatic rings. The van der Waals surface area contributed by atoms with Crippen LogP contribution in [0.4, 0.5) is 0 Å². The van der Waals surface area contributed by atoms with Crippen LogP contribution in [0.5, 0.6) is 0 Å². The molecule has 1 aliphatic carbocycles. The first-order valence-corrected chi connectivity index (χ1v) is 8.11. The molecule has 0 radical (unpaired) electrons. The van der Waals surface area contributed by atoms with Crippen molar-refractivity contribution in [3.63, 3.8) is 0 Å². The molecule has 1 fully saturated rings. The highest BCUT2D eigenvalue weighted by Gasteiger charge is 2.40. The Balaban J connectivity index is 2.09. The van der Waals surface area contributed by atoms with E-state index in [2.05, 4.69) is 24.3 Å². The third kappa shape index (κ3) is 2.38. The van der Waals surface area contributed by atoms with Gasteiger partial charge in [-0.15, -0.1) is 11.3 Å². The van der Waals surface area contributed by atoms with Gasteiger partial charge in [0, 0.05) is 5.41 Å². The van der Waals surface area contributed by atoms with E-state index >= 15 is 0 Å². The van der Waals surface area contributed by atoms with Gasteiger partial charge in [-0.05, 0) is 25.3 Å². The summed E-state index contributed by atoms with van der Waals surface area (Å²) >= 11 is 1.50. The summed E-state index contributed by atoms with van der Waals surface area (Å²) < 4.78 is 4.86. The van der Waals surface area contributed by atoms with Gasteiger partial charge in [0.25, 0.3) is 0 Å². The van der Waals surface area contributed by atoms with Gasteiger partial charge in [-0.2, -0.15) is 0 Å². The highest BCUT2D eigenvalue weighted by atomic mass is 32.1. The molecule has 0 N–H and O–H groups in total. The number of carbonyl (C=O) groups is 1. The van der Waals surface area contributed by atoms with Gasteiger partial charge in [0.05, 0.1) is 12.8 Å². The summed E-state index contributed by atoms with van der Waals surface area (Å²) in [5, 5.41) is 1.06. The lowest BCUT2D eigenvalue weighted by molar-refractivity contribution is 0.0605. The van der Waals surface area contributed by atoms with Crippen molar-refractivity contribution in [2.24, 2.45) is 0 Å². The zero-order chi connectivity index (χ0) is 14.9. The Labute approximate surface area is 129 Å². The number of hydrogen-bond acceptors (Lipinski definition) is 4. The Hall–Kier alpha value is -1.68. The van der Waals surface area contributed by atoms with Crippen molar-refractivity contribution in [3.8, 4) is 0 Å². The number of ether oxygens (including phenoxy) is 1. The molecule has 1 saturated carbocycles. The maximum absolute atomic E-state index is 11.9. The summed E-state index contributed by atoms with van der Waals surface area (Å²) in [5.41, 5.74) is 2.07. The summed E-state index contributed by atoms with van der Waals surface area (Å²) in [7, 11) is 1.42. The van der Waals surface area contributed by atoms with Crippen LogP contribution in [-0.2, 0) is 10.2 Å². The second-order valence-electron chi connectivity index (χ2n) is 5.58. The fraction of sp³-hybridized carbons (Fsp3) is 0.412. The van der Waals surface area contributed by atoms with Crippen molar-refractivity contribution in [3.05, 3.63) is 51.5 Å². The number of methoxy groups -OCH3 is 1. The van der Waals surface area contributed by atoms with Gasteiger partial charge in [-0.1, -0.05) is 43.2 Å². The van der Waals surface area contributed by atoms with Crippen LogP contribution in [0.25, 0.3) is 0 Å². The maximum Gasteiger partial charge on any atom is 0.349 e. The molecule has 3 rings (SSSR count). The first-order chi connectivity index (χ1) is 10.2. The standard InChI is InChI=1S/C17H19NO2S/c1-12-14(15(19)20-2)21-16(18-12)17(10-6-7-11-17)13-8-4-3-5-9-13/h3-5,8-9H,6-7,10-11H2,1-2H3. The van der Waals surface area contributed by atoms with E-state index in [1.807, 2.05) is 13.0 Å². The first kappa shape index (κ1) is 14.3. The Bertz CT molecular complexity index is 642. The third-order valence-electron chi connectivity index (χ3n) is 4.36. The molecule has 4 heteroatoms. The minimum Gasteiger partial charge on any atom is -0.465 e. The Morgan fingerprint density at radius 1 is 1.24 bits per heavy atom. The van der Waals surface area contributed by atoms with Crippen LogP contribution in [0.1, 0.15) is 51.6 Å². The van der Waals surface area contributed by atoms with Crippen molar-refractivity contribution in [2.75, 3.05) is 7.11 Å². The Kier molecular flexibility index (Phi) is 3.81. The number of hydrogen-bond donors (Lipinski definition) is 0. The number of benzene rings is 1. The number of esters is 1. The minimum absolute atomic E-state index is 0.0248. The van der Waals surface area contributed by atoms with Gasteiger partial charge >= 0.3 is 5.97 Å². The molecule has 0 saturated heterocycles. The van der Waals surface area contributed by atoms with Crippen LogP contribution in [0, 0.1) is 6.92 Å². The molecule has 0 bridgehead atoms. The van der Waals surface area contributed by atoms with E-state index in [1.165, 1.54) is 36.9 Å². The van der Waals surface area contributed by atoms with Crippen molar-refractivity contribution in [2.45, 2.75) is 38.0 Å². The van der Waals surface area contributed by atoms with E-state index in [-0.39, 0.29) is 11.4 Å². The second-order valence-corrected chi connectivity index (χ2v) is 6.58. The van der Waals surface area contributed by atoms with Crippen molar-refractivity contribution < 1.29 is 9.53 Å². The van der Waals surface area contributed by atoms with E-state index in [1.54, 1.807) is 0 Å². The van der Waals surface area contributed by atoms with Crippen LogP contribution < -0.4 is 0 Å². The van der Waals surface area contributed by atoms with Gasteiger partial charge in [0.2, 0.25) is 0 Å². The average Bonchev–Trinajstić information content (AvgIpc) is 3.15. The van der Waals surface area contributed by atoms with Crippen molar-refractivity contribution in [1.29, 1.82) is 0 Å². The molecule has 0 amide bonds. The average molecular weight is 301 g/mol. The fourth-order valence-electron chi connectivity index (χ4n) is 3.24. The quantitative estimate of drug-likeness (QED) is 0.801. The largest absolute Gasteiger partial charge is 0.465 e. The SMILES string of the molecule is COC(=O)c1sc(C2(c3ccccc3)CCCC2)nc1C. The first-order valence-electron chi connectivity index (χ1n) is 7.29. The molecule has 0 atom stereocenters. The van der Waals surface area contributed by atoms with Crippen LogP contribution >= 0.6 is 11.3 Å². The molecule has 3 nitrogen and oxygen atoms in total. The molecule has 1 heterocycles. The molecule has 1 aromatic carbocycles. The number of aryl methyl sites for hydroxylation is 1. The number of carbonyl (C=O) groups excluding carboxylic acids is 1. The summed E-state index contributed by atoms with van der Waals surface area (Å²) in [4.78, 5) is 17.2. The minimum atomic E-state index is -0.280. The van der Waals surface area contributed by atoms with Crippen molar-refractivity contribution in [1.82, 2.24) is 4.98 Å². The van der Waals surface area contributed by atoms with Crippen molar-refractivity contribution >= 4 is 17.3 Å². The molecule has 110 valence electrons. The molecule has 2 aromatic rings. The molecular weight excluding hydrogens is 282 g/mol. The number of thiazole rings is 1. The summed E-state index contributed by atoms with van der Waals surface area (Å²) in [6, 6.07) is 10.6. The molecule has 0 aliphatic heterocycles. The summed E-state index contributed by atoms with van der Waals surface area (Å²) in [6.45, 7) is 1.89. The van der Waals surface area contributed by atoms with Crippen LogP contribution in [0.15, 0.2) is 30.3 Å². The second kappa shape index (κ2) is 5.60. The zero-order valence-corrected chi connectivity index (χ0v) is 13.2. The van der Waals surface area contributed by atoms with Gasteiger partial charge in [-0.3, -0.25) is 0 Å². The maximum atomic E-state index is 11.9. The number of aromatic nitrogens is 1. The van der Waals surface area contributed by atoms with E-state index < -0.39 is 0 Å². The van der Waals surface area contributed by atoms with E-state index in [9.17, 15) is 4.79 Å². The topological polar surface area (TPSA) is 39.2 Å². The zero-order valence-electron chi connectivity index (χ0n) is 12.4. The van der Waals surface area contributed by atoms with E-state index in [0.717, 1.165) is 23.5 Å². The smallest absolute Gasteiger partial charge is 0.349 e. The Morgan fingerprint density at radius 3 is 2.52 bits per heavy atom. The number of nitrogens with zero attached hydrogens (tertiary/aromatic N) is 1. The highest BCUT2D eigenvalue weighted by molar-refractivity contribution is 7.14. The Morgan fingerprint density at radius 2 is 1.90 bits per heavy atom. The van der Waals surface area contributed by atoms with Crippen LogP contribution in [0.2, 0.25) is 0 Å². The van der Waals surface area contributed by atoms with Gasteiger partial charge < -0.3 is 4.74 Å². The summed E-state index contributed by atoms with van der Waals surface area (Å²) in [5.74, 6) is -0.280. The molecule has 0 spiro atoms. The van der Waals surface area contributed by atoms with Crippen LogP contribution in [0.3, 0.4) is 0 Å². The summed E-state index contributed by atoms with van der Waals surface area (Å²) in [6.07, 6.45) is 4.62. The monoisotopic (exact) mass is 301 g/mol.